The maximum atomic E-state index is 12.6. The van der Waals surface area contributed by atoms with Gasteiger partial charge in [-0.05, 0) is 49.2 Å². The summed E-state index contributed by atoms with van der Waals surface area (Å²) in [6.07, 6.45) is 5.77. The predicted octanol–water partition coefficient (Wildman–Crippen LogP) is -0.483. The van der Waals surface area contributed by atoms with Crippen LogP contribution in [0.4, 0.5) is 15.3 Å². The van der Waals surface area contributed by atoms with E-state index in [1.807, 2.05) is 23.9 Å². The van der Waals surface area contributed by atoms with Gasteiger partial charge >= 0.3 is 12.1 Å². The lowest BCUT2D eigenvalue weighted by atomic mass is 10.0. The quantitative estimate of drug-likeness (QED) is 0.0487. The van der Waals surface area contributed by atoms with Crippen molar-refractivity contribution in [2.75, 3.05) is 56.9 Å². The third kappa shape index (κ3) is 12.4. The lowest BCUT2D eigenvalue weighted by Gasteiger charge is -2.34. The van der Waals surface area contributed by atoms with E-state index in [0.717, 1.165) is 35.5 Å². The zero-order valence-electron chi connectivity index (χ0n) is 30.2. The molecule has 7 N–H and O–H groups in total. The van der Waals surface area contributed by atoms with Crippen molar-refractivity contribution in [3.8, 4) is 0 Å². The van der Waals surface area contributed by atoms with Crippen LogP contribution in [0.15, 0.2) is 36.4 Å². The van der Waals surface area contributed by atoms with Crippen LogP contribution >= 0.6 is 24.0 Å². The number of nitrogens with one attached hydrogen (secondary N) is 7. The summed E-state index contributed by atoms with van der Waals surface area (Å²) < 4.78 is 0. The molecule has 5 rings (SSSR count). The Kier molecular flexibility index (Phi) is 14.8. The first-order valence-electron chi connectivity index (χ1n) is 18.2. The topological polar surface area (TPSA) is 230 Å². The van der Waals surface area contributed by atoms with E-state index < -0.39 is 23.8 Å². The van der Waals surface area contributed by atoms with Crippen molar-refractivity contribution < 1.29 is 38.4 Å². The Morgan fingerprint density at radius 1 is 0.782 bits per heavy atom. The minimum absolute atomic E-state index is 0.0198. The number of nitrogens with zero attached hydrogens (tertiary/aromatic N) is 3. The average molecular weight is 799 g/mol. The van der Waals surface area contributed by atoms with Crippen molar-refractivity contribution in [1.29, 1.82) is 0 Å². The van der Waals surface area contributed by atoms with Crippen LogP contribution in [0.3, 0.4) is 0 Å². The molecule has 0 saturated carbocycles. The Bertz CT molecular complexity index is 1670. The number of imide groups is 2. The van der Waals surface area contributed by atoms with Gasteiger partial charge in [0.25, 0.3) is 11.8 Å². The Balaban J connectivity index is 0.879. The number of thiocarbonyl (C=S) groups is 1. The fraction of sp³-hybridized carbons (Fsp3) is 0.514. The number of amides is 10. The zero-order valence-corrected chi connectivity index (χ0v) is 31.9. The number of hydrogen-bond donors (Lipinski definition) is 7. The highest BCUT2D eigenvalue weighted by atomic mass is 32.2. The van der Waals surface area contributed by atoms with Crippen LogP contribution in [0.5, 0.6) is 0 Å². The van der Waals surface area contributed by atoms with Crippen molar-refractivity contribution in [3.63, 3.8) is 0 Å². The van der Waals surface area contributed by atoms with Gasteiger partial charge in [0, 0.05) is 81.0 Å². The van der Waals surface area contributed by atoms with Crippen molar-refractivity contribution in [3.05, 3.63) is 42.0 Å². The molecule has 3 fully saturated rings. The van der Waals surface area contributed by atoms with E-state index in [2.05, 4.69) is 37.2 Å². The fourth-order valence-electron chi connectivity index (χ4n) is 6.43. The van der Waals surface area contributed by atoms with Gasteiger partial charge in [0.15, 0.2) is 5.11 Å². The van der Waals surface area contributed by atoms with Crippen LogP contribution in [-0.4, -0.2) is 136 Å². The van der Waals surface area contributed by atoms with E-state index >= 15 is 0 Å². The maximum Gasteiger partial charge on any atom is 0.324 e. The van der Waals surface area contributed by atoms with E-state index in [9.17, 15) is 38.4 Å². The molecule has 0 unspecified atom stereocenters. The van der Waals surface area contributed by atoms with Gasteiger partial charge in [-0.2, -0.15) is 11.8 Å². The Morgan fingerprint density at radius 2 is 1.45 bits per heavy atom. The molecule has 10 amide bonds. The summed E-state index contributed by atoms with van der Waals surface area (Å²) in [6.45, 7) is 0.858. The third-order valence-electron chi connectivity index (χ3n) is 9.48. The van der Waals surface area contributed by atoms with E-state index in [4.69, 9.17) is 12.2 Å². The summed E-state index contributed by atoms with van der Waals surface area (Å²) in [5, 5.41) is 20.0. The van der Waals surface area contributed by atoms with Crippen molar-refractivity contribution in [2.45, 2.75) is 62.4 Å². The number of carbonyl (C=O) groups is 8. The minimum Gasteiger partial charge on any atom is -0.353 e. The van der Waals surface area contributed by atoms with Gasteiger partial charge < -0.3 is 41.7 Å². The molecule has 0 bridgehead atoms. The molecule has 0 spiro atoms. The van der Waals surface area contributed by atoms with Crippen LogP contribution in [0.1, 0.15) is 44.1 Å². The van der Waals surface area contributed by atoms with Crippen LogP contribution < -0.4 is 37.2 Å². The number of hydrogen-bond acceptors (Lipinski definition) is 10. The van der Waals surface area contributed by atoms with Crippen LogP contribution in [-0.2, 0) is 35.3 Å². The summed E-state index contributed by atoms with van der Waals surface area (Å²) >= 11 is 7.15. The second kappa shape index (κ2) is 19.9. The molecule has 296 valence electrons. The summed E-state index contributed by atoms with van der Waals surface area (Å²) in [5.74, 6) is -1.22. The van der Waals surface area contributed by atoms with Gasteiger partial charge in [0.1, 0.15) is 0 Å². The molecule has 1 aromatic rings. The molecule has 20 heteroatoms. The summed E-state index contributed by atoms with van der Waals surface area (Å²) in [6, 6.07) is 6.98. The number of rotatable bonds is 16. The second-order valence-electron chi connectivity index (χ2n) is 13.4. The molecule has 18 nitrogen and oxygen atoms in total. The number of benzene rings is 1. The molecular formula is C35H46N10O8S2. The molecule has 4 aliphatic heterocycles. The highest BCUT2D eigenvalue weighted by molar-refractivity contribution is 8.00. The van der Waals surface area contributed by atoms with Crippen LogP contribution in [0, 0.1) is 0 Å². The minimum atomic E-state index is -0.599. The molecule has 1 aromatic carbocycles. The molecule has 3 saturated heterocycles. The first-order valence-corrected chi connectivity index (χ1v) is 19.7. The van der Waals surface area contributed by atoms with E-state index in [1.54, 1.807) is 12.1 Å². The van der Waals surface area contributed by atoms with Gasteiger partial charge in [-0.3, -0.25) is 39.0 Å². The summed E-state index contributed by atoms with van der Waals surface area (Å²) in [5.41, 5.74) is 1.57. The number of carbonyl (C=O) groups excluding carboxylic acids is 8. The standard InChI is InChI=1S/C35H46N10O8S2/c46-26(5-2-1-4-25-32-24(21-55-25)40-33(52)42-32)36-18-22-7-9-23(10-8-22)39-34(54)38-19-28(48)41-35(53)44-16-14-43(15-17-44)31(51)20-37-27(47)6-3-13-45-29(49)11-12-30(45)50/h7-12,24-25,32H,1-6,13-21H2,(H,36,46)(H,37,47)(H2,38,39,54)(H2,40,42,52)(H,41,48,53)/t24-,25-,32-/m0/s1. The van der Waals surface area contributed by atoms with E-state index in [0.29, 0.717) is 23.9 Å². The van der Waals surface area contributed by atoms with Crippen LogP contribution in [0.2, 0.25) is 0 Å². The third-order valence-corrected chi connectivity index (χ3v) is 11.2. The van der Waals surface area contributed by atoms with Gasteiger partial charge in [0.05, 0.1) is 25.2 Å². The molecule has 3 atom stereocenters. The summed E-state index contributed by atoms with van der Waals surface area (Å²) in [4.78, 5) is 101. The Labute approximate surface area is 327 Å². The largest absolute Gasteiger partial charge is 0.353 e. The molecule has 0 aliphatic carbocycles. The van der Waals surface area contributed by atoms with Gasteiger partial charge in [-0.1, -0.05) is 18.6 Å². The van der Waals surface area contributed by atoms with Crippen molar-refractivity contribution in [2.24, 2.45) is 0 Å². The number of urea groups is 2. The van der Waals surface area contributed by atoms with Gasteiger partial charge in [0.2, 0.25) is 23.6 Å². The number of anilines is 1. The second-order valence-corrected chi connectivity index (χ2v) is 15.1. The first kappa shape index (κ1) is 40.9. The monoisotopic (exact) mass is 798 g/mol. The van der Waals surface area contributed by atoms with Crippen molar-refractivity contribution in [1.82, 2.24) is 46.6 Å². The Hall–Kier alpha value is -5.24. The Morgan fingerprint density at radius 3 is 2.18 bits per heavy atom. The van der Waals surface area contributed by atoms with Crippen LogP contribution in [0.25, 0.3) is 0 Å². The molecule has 0 radical (unpaired) electrons. The predicted molar refractivity (Wildman–Crippen MR) is 206 cm³/mol. The smallest absolute Gasteiger partial charge is 0.324 e. The molecule has 4 aliphatic rings. The maximum absolute atomic E-state index is 12.6. The number of thioether (sulfide) groups is 1. The van der Waals surface area contributed by atoms with Gasteiger partial charge in [-0.25, -0.2) is 9.59 Å². The lowest BCUT2D eigenvalue weighted by Crippen LogP contribution is -2.56. The SMILES string of the molecule is O=C(CCCN1C(=O)C=CC1=O)NCC(=O)N1CCN(C(=O)NC(=O)CNC(=S)Nc2ccc(CNC(=O)CCCC[C@@H]3SC[C@@H]4NC(=O)N[C@@H]43)cc2)CC1. The highest BCUT2D eigenvalue weighted by Crippen LogP contribution is 2.33. The molecular weight excluding hydrogens is 753 g/mol. The highest BCUT2D eigenvalue weighted by Gasteiger charge is 2.42. The zero-order chi connectivity index (χ0) is 39.3. The first-order chi connectivity index (χ1) is 26.4. The number of unbranched alkanes of at least 4 members (excludes halogenated alkanes) is 1. The number of piperazine rings is 1. The molecule has 55 heavy (non-hydrogen) atoms. The lowest BCUT2D eigenvalue weighted by molar-refractivity contribution is -0.137. The summed E-state index contributed by atoms with van der Waals surface area (Å²) in [7, 11) is 0. The molecule has 4 heterocycles. The fourth-order valence-corrected chi connectivity index (χ4v) is 8.16. The van der Waals surface area contributed by atoms with Crippen molar-refractivity contribution >= 4 is 82.3 Å². The van der Waals surface area contributed by atoms with E-state index in [-0.39, 0.29) is 99.6 Å². The van der Waals surface area contributed by atoms with Gasteiger partial charge in [-0.15, -0.1) is 0 Å². The average Bonchev–Trinajstić information content (AvgIpc) is 3.84. The molecule has 0 aromatic heterocycles. The number of fused-ring (bicyclic) bond motifs is 1. The normalized spacial score (nSPS) is 20.0. The van der Waals surface area contributed by atoms with E-state index in [1.165, 1.54) is 22.0 Å².